The number of hydrogen-bond acceptors (Lipinski definition) is 5. The molecule has 0 rings (SSSR count). The second-order valence-corrected chi connectivity index (χ2v) is 4.05. The van der Waals surface area contributed by atoms with Crippen molar-refractivity contribution >= 4 is 11.9 Å². The van der Waals surface area contributed by atoms with Gasteiger partial charge in [-0.05, 0) is 20.8 Å². The minimum Gasteiger partial charge on any atom is -0.480 e. The molecule has 0 aliphatic rings. The summed E-state index contributed by atoms with van der Waals surface area (Å²) in [5, 5.41) is 8.27. The second-order valence-electron chi connectivity index (χ2n) is 4.05. The quantitative estimate of drug-likeness (QED) is 0.619. The van der Waals surface area contributed by atoms with E-state index in [0.29, 0.717) is 0 Å². The van der Waals surface area contributed by atoms with E-state index in [4.69, 9.17) is 15.6 Å². The number of aliphatic carboxylic acids is 1. The van der Waals surface area contributed by atoms with Crippen LogP contribution < -0.4 is 5.73 Å². The van der Waals surface area contributed by atoms with Crippen LogP contribution in [0.15, 0.2) is 0 Å². The SMILES string of the molecule is CC(C)(C)OC(=O)C(N)COCC(=O)O. The molecule has 0 saturated heterocycles. The summed E-state index contributed by atoms with van der Waals surface area (Å²) in [5.74, 6) is -1.71. The largest absolute Gasteiger partial charge is 0.480 e. The second kappa shape index (κ2) is 5.67. The summed E-state index contributed by atoms with van der Waals surface area (Å²) in [6.07, 6.45) is 0. The van der Waals surface area contributed by atoms with Gasteiger partial charge < -0.3 is 20.3 Å². The molecule has 0 saturated carbocycles. The number of ether oxygens (including phenoxy) is 2. The van der Waals surface area contributed by atoms with Gasteiger partial charge in [0.25, 0.3) is 0 Å². The van der Waals surface area contributed by atoms with Gasteiger partial charge in [-0.25, -0.2) is 4.79 Å². The average molecular weight is 219 g/mol. The molecule has 6 heteroatoms. The molecule has 1 atom stereocenters. The Bertz CT molecular complexity index is 233. The third-order valence-electron chi connectivity index (χ3n) is 1.23. The van der Waals surface area contributed by atoms with E-state index in [1.165, 1.54) is 0 Å². The Balaban J connectivity index is 3.85. The maximum atomic E-state index is 11.3. The molecule has 0 radical (unpaired) electrons. The summed E-state index contributed by atoms with van der Waals surface area (Å²) in [7, 11) is 0. The van der Waals surface area contributed by atoms with Gasteiger partial charge in [0.1, 0.15) is 18.2 Å². The molecule has 0 aromatic carbocycles. The first kappa shape index (κ1) is 13.9. The van der Waals surface area contributed by atoms with Crippen LogP contribution in [-0.4, -0.2) is 41.9 Å². The topological polar surface area (TPSA) is 98.9 Å². The lowest BCUT2D eigenvalue weighted by atomic mass is 10.2. The number of carboxylic acid groups (broad SMARTS) is 1. The van der Waals surface area contributed by atoms with E-state index in [2.05, 4.69) is 4.74 Å². The molecular formula is C9H17NO5. The monoisotopic (exact) mass is 219 g/mol. The minimum atomic E-state index is -1.11. The molecule has 15 heavy (non-hydrogen) atoms. The molecule has 1 unspecified atom stereocenters. The number of carbonyl (C=O) groups excluding carboxylic acids is 1. The maximum absolute atomic E-state index is 11.3. The van der Waals surface area contributed by atoms with Gasteiger partial charge in [0.15, 0.2) is 0 Å². The van der Waals surface area contributed by atoms with Crippen molar-refractivity contribution in [1.29, 1.82) is 0 Å². The van der Waals surface area contributed by atoms with Crippen LogP contribution in [-0.2, 0) is 19.1 Å². The molecule has 0 bridgehead atoms. The van der Waals surface area contributed by atoms with Crippen LogP contribution in [0, 0.1) is 0 Å². The van der Waals surface area contributed by atoms with Crippen molar-refractivity contribution in [3.8, 4) is 0 Å². The smallest absolute Gasteiger partial charge is 0.329 e. The number of rotatable bonds is 5. The minimum absolute atomic E-state index is 0.165. The van der Waals surface area contributed by atoms with Crippen LogP contribution >= 0.6 is 0 Å². The van der Waals surface area contributed by atoms with Crippen LogP contribution in [0.25, 0.3) is 0 Å². The molecule has 0 aliphatic carbocycles. The van der Waals surface area contributed by atoms with Crippen molar-refractivity contribution in [2.24, 2.45) is 5.73 Å². The summed E-state index contributed by atoms with van der Waals surface area (Å²) < 4.78 is 9.63. The first-order valence-corrected chi connectivity index (χ1v) is 4.50. The number of carboxylic acids is 1. The molecule has 0 fully saturated rings. The predicted molar refractivity (Wildman–Crippen MR) is 52.3 cm³/mol. The molecule has 0 heterocycles. The molecule has 0 spiro atoms. The normalized spacial score (nSPS) is 13.3. The zero-order valence-corrected chi connectivity index (χ0v) is 9.15. The predicted octanol–water partition coefficient (Wildman–Crippen LogP) is -0.243. The van der Waals surface area contributed by atoms with Crippen molar-refractivity contribution in [3.63, 3.8) is 0 Å². The third-order valence-corrected chi connectivity index (χ3v) is 1.23. The lowest BCUT2D eigenvalue weighted by Crippen LogP contribution is -2.40. The zero-order chi connectivity index (χ0) is 12.1. The van der Waals surface area contributed by atoms with Gasteiger partial charge in [0, 0.05) is 0 Å². The van der Waals surface area contributed by atoms with E-state index < -0.39 is 30.2 Å². The Kier molecular flexibility index (Phi) is 5.24. The lowest BCUT2D eigenvalue weighted by molar-refractivity contribution is -0.159. The van der Waals surface area contributed by atoms with Gasteiger partial charge in [-0.3, -0.25) is 4.79 Å². The Morgan fingerprint density at radius 1 is 1.40 bits per heavy atom. The highest BCUT2D eigenvalue weighted by molar-refractivity contribution is 5.76. The van der Waals surface area contributed by atoms with E-state index >= 15 is 0 Å². The fourth-order valence-electron chi connectivity index (χ4n) is 0.719. The van der Waals surface area contributed by atoms with Gasteiger partial charge >= 0.3 is 11.9 Å². The molecule has 0 aromatic heterocycles. The summed E-state index contributed by atoms with van der Waals surface area (Å²) in [5.41, 5.74) is 4.81. The van der Waals surface area contributed by atoms with E-state index in [1.807, 2.05) is 0 Å². The van der Waals surface area contributed by atoms with E-state index in [0.717, 1.165) is 0 Å². The van der Waals surface area contributed by atoms with E-state index in [-0.39, 0.29) is 6.61 Å². The number of esters is 1. The summed E-state index contributed by atoms with van der Waals surface area (Å²) in [6.45, 7) is 4.51. The maximum Gasteiger partial charge on any atom is 0.329 e. The Hall–Kier alpha value is -1.14. The first-order valence-electron chi connectivity index (χ1n) is 4.50. The standard InChI is InChI=1S/C9H17NO5/c1-9(2,3)15-8(13)6(10)4-14-5-7(11)12/h6H,4-5,10H2,1-3H3,(H,11,12). The summed E-state index contributed by atoms with van der Waals surface area (Å²) in [6, 6.07) is -0.955. The molecule has 0 aliphatic heterocycles. The fraction of sp³-hybridized carbons (Fsp3) is 0.778. The van der Waals surface area contributed by atoms with Crippen LogP contribution in [0.5, 0.6) is 0 Å². The van der Waals surface area contributed by atoms with Gasteiger partial charge in [-0.1, -0.05) is 0 Å². The van der Waals surface area contributed by atoms with Crippen molar-refractivity contribution in [2.75, 3.05) is 13.2 Å². The van der Waals surface area contributed by atoms with Crippen LogP contribution in [0.3, 0.4) is 0 Å². The van der Waals surface area contributed by atoms with Gasteiger partial charge in [0.05, 0.1) is 6.61 Å². The molecular weight excluding hydrogens is 202 g/mol. The molecule has 3 N–H and O–H groups in total. The highest BCUT2D eigenvalue weighted by Gasteiger charge is 2.22. The highest BCUT2D eigenvalue weighted by Crippen LogP contribution is 2.07. The highest BCUT2D eigenvalue weighted by atomic mass is 16.6. The molecule has 0 amide bonds. The third kappa shape index (κ3) is 7.90. The zero-order valence-electron chi connectivity index (χ0n) is 9.15. The lowest BCUT2D eigenvalue weighted by Gasteiger charge is -2.21. The van der Waals surface area contributed by atoms with Gasteiger partial charge in [-0.2, -0.15) is 0 Å². The van der Waals surface area contributed by atoms with Gasteiger partial charge in [0.2, 0.25) is 0 Å². The molecule has 6 nitrogen and oxygen atoms in total. The van der Waals surface area contributed by atoms with Crippen molar-refractivity contribution in [3.05, 3.63) is 0 Å². The fourth-order valence-corrected chi connectivity index (χ4v) is 0.719. The summed E-state index contributed by atoms with van der Waals surface area (Å²) >= 11 is 0. The van der Waals surface area contributed by atoms with Crippen molar-refractivity contribution < 1.29 is 24.2 Å². The molecule has 88 valence electrons. The first-order chi connectivity index (χ1) is 6.72. The average Bonchev–Trinajstić information content (AvgIpc) is 1.99. The number of carbonyl (C=O) groups is 2. The Labute approximate surface area is 88.3 Å². The number of hydrogen-bond donors (Lipinski definition) is 2. The Morgan fingerprint density at radius 3 is 2.33 bits per heavy atom. The van der Waals surface area contributed by atoms with Crippen molar-refractivity contribution in [1.82, 2.24) is 0 Å². The number of nitrogens with two attached hydrogens (primary N) is 1. The van der Waals surface area contributed by atoms with E-state index in [9.17, 15) is 9.59 Å². The van der Waals surface area contributed by atoms with Crippen molar-refractivity contribution in [2.45, 2.75) is 32.4 Å². The van der Waals surface area contributed by atoms with Crippen LogP contribution in [0.4, 0.5) is 0 Å². The Morgan fingerprint density at radius 2 is 1.93 bits per heavy atom. The molecule has 0 aromatic rings. The summed E-state index contributed by atoms with van der Waals surface area (Å²) in [4.78, 5) is 21.4. The van der Waals surface area contributed by atoms with Crippen LogP contribution in [0.2, 0.25) is 0 Å². The van der Waals surface area contributed by atoms with Crippen LogP contribution in [0.1, 0.15) is 20.8 Å². The van der Waals surface area contributed by atoms with Gasteiger partial charge in [-0.15, -0.1) is 0 Å². The van der Waals surface area contributed by atoms with E-state index in [1.54, 1.807) is 20.8 Å².